The third-order valence-corrected chi connectivity index (χ3v) is 2.65. The van der Waals surface area contributed by atoms with Crippen molar-refractivity contribution in [2.24, 2.45) is 0 Å². The number of aromatic nitrogens is 4. The Morgan fingerprint density at radius 1 is 1.26 bits per heavy atom. The van der Waals surface area contributed by atoms with E-state index in [4.69, 9.17) is 5.26 Å². The van der Waals surface area contributed by atoms with Crippen LogP contribution >= 0.6 is 0 Å². The van der Waals surface area contributed by atoms with E-state index < -0.39 is 0 Å². The molecule has 2 heterocycles. The minimum absolute atomic E-state index is 0.345. The van der Waals surface area contributed by atoms with Crippen molar-refractivity contribution in [2.75, 3.05) is 5.32 Å². The molecule has 2 N–H and O–H groups in total. The van der Waals surface area contributed by atoms with Gasteiger partial charge in [0.15, 0.2) is 0 Å². The summed E-state index contributed by atoms with van der Waals surface area (Å²) >= 11 is 0. The summed E-state index contributed by atoms with van der Waals surface area (Å²) in [5.74, 6) is 1.16. The number of nitriles is 1. The summed E-state index contributed by atoms with van der Waals surface area (Å²) in [6.45, 7) is 1.75. The molecule has 0 atom stereocenters. The lowest BCUT2D eigenvalue weighted by atomic mass is 10.2. The summed E-state index contributed by atoms with van der Waals surface area (Å²) in [7, 11) is 0. The first-order valence-corrected chi connectivity index (χ1v) is 5.70. The fourth-order valence-electron chi connectivity index (χ4n) is 1.85. The third-order valence-electron chi connectivity index (χ3n) is 2.65. The van der Waals surface area contributed by atoms with Crippen molar-refractivity contribution in [3.63, 3.8) is 0 Å². The number of fused-ring (bicyclic) bond motifs is 1. The first-order valence-electron chi connectivity index (χ1n) is 5.70. The highest BCUT2D eigenvalue weighted by molar-refractivity contribution is 5.79. The minimum Gasteiger partial charge on any atom is -0.345 e. The van der Waals surface area contributed by atoms with Gasteiger partial charge in [-0.3, -0.25) is 0 Å². The van der Waals surface area contributed by atoms with Crippen molar-refractivity contribution in [3.8, 4) is 6.07 Å². The van der Waals surface area contributed by atoms with E-state index in [0.717, 1.165) is 16.7 Å². The molecule has 0 fully saturated rings. The number of imidazole rings is 1. The van der Waals surface area contributed by atoms with Gasteiger partial charge in [0.05, 0.1) is 17.4 Å². The topological polar surface area (TPSA) is 90.3 Å². The largest absolute Gasteiger partial charge is 0.345 e. The van der Waals surface area contributed by atoms with E-state index in [1.165, 1.54) is 0 Å². The van der Waals surface area contributed by atoms with E-state index in [1.54, 1.807) is 19.3 Å². The molecule has 19 heavy (non-hydrogen) atoms. The van der Waals surface area contributed by atoms with Gasteiger partial charge in [0.2, 0.25) is 0 Å². The second kappa shape index (κ2) is 4.38. The van der Waals surface area contributed by atoms with Gasteiger partial charge < -0.3 is 10.3 Å². The molecule has 1 aromatic carbocycles. The zero-order valence-corrected chi connectivity index (χ0v) is 10.2. The maximum atomic E-state index is 8.88. The fraction of sp³-hybridized carbons (Fsp3) is 0.0769. The van der Waals surface area contributed by atoms with Crippen LogP contribution < -0.4 is 5.32 Å². The first-order chi connectivity index (χ1) is 9.24. The van der Waals surface area contributed by atoms with Crippen molar-refractivity contribution >= 4 is 22.5 Å². The van der Waals surface area contributed by atoms with Crippen LogP contribution in [0.15, 0.2) is 30.6 Å². The van der Waals surface area contributed by atoms with Crippen LogP contribution in [0.4, 0.5) is 11.5 Å². The zero-order chi connectivity index (χ0) is 13.2. The Balaban J connectivity index is 1.96. The lowest BCUT2D eigenvalue weighted by Crippen LogP contribution is -1.99. The molecule has 0 aliphatic carbocycles. The van der Waals surface area contributed by atoms with E-state index in [2.05, 4.69) is 25.3 Å². The number of nitrogens with zero attached hydrogens (tertiary/aromatic N) is 4. The van der Waals surface area contributed by atoms with Crippen molar-refractivity contribution in [1.29, 1.82) is 5.26 Å². The molecule has 0 bridgehead atoms. The summed E-state index contributed by atoms with van der Waals surface area (Å²) in [4.78, 5) is 15.5. The monoisotopic (exact) mass is 250 g/mol. The summed E-state index contributed by atoms with van der Waals surface area (Å²) < 4.78 is 0. The van der Waals surface area contributed by atoms with Crippen molar-refractivity contribution in [3.05, 3.63) is 42.1 Å². The van der Waals surface area contributed by atoms with Crippen LogP contribution in [0, 0.1) is 18.3 Å². The average Bonchev–Trinajstić information content (AvgIpc) is 2.85. The number of anilines is 2. The molecule has 0 saturated heterocycles. The number of aromatic amines is 1. The molecule has 0 radical (unpaired) electrons. The molecule has 0 amide bonds. The highest BCUT2D eigenvalue weighted by atomic mass is 15.0. The lowest BCUT2D eigenvalue weighted by molar-refractivity contribution is 1.04. The zero-order valence-electron chi connectivity index (χ0n) is 10.2. The molecule has 0 unspecified atom stereocenters. The maximum absolute atomic E-state index is 8.88. The number of nitrogens with one attached hydrogen (secondary N) is 2. The molecule has 0 spiro atoms. The van der Waals surface area contributed by atoms with E-state index in [9.17, 15) is 0 Å². The summed E-state index contributed by atoms with van der Waals surface area (Å²) in [5.41, 5.74) is 3.06. The molecule has 2 aromatic heterocycles. The Hall–Kier alpha value is -2.94. The van der Waals surface area contributed by atoms with Crippen LogP contribution in [0.2, 0.25) is 0 Å². The molecule has 3 rings (SSSR count). The minimum atomic E-state index is 0.345. The van der Waals surface area contributed by atoms with Gasteiger partial charge in [-0.1, -0.05) is 0 Å². The maximum Gasteiger partial charge on any atom is 0.146 e. The van der Waals surface area contributed by atoms with Crippen molar-refractivity contribution in [1.82, 2.24) is 19.9 Å². The van der Waals surface area contributed by atoms with Crippen LogP contribution in [0.3, 0.4) is 0 Å². The molecule has 6 nitrogen and oxygen atoms in total. The van der Waals surface area contributed by atoms with Gasteiger partial charge in [0, 0.05) is 11.8 Å². The van der Waals surface area contributed by atoms with Gasteiger partial charge in [0.25, 0.3) is 0 Å². The standard InChI is InChI=1S/C13H10N6/c1-8-17-10(6-14)5-13(18-8)19-9-2-3-11-12(4-9)16-7-15-11/h2-5,7H,1H3,(H,15,16)(H,17,18,19). The predicted molar refractivity (Wildman–Crippen MR) is 70.9 cm³/mol. The summed E-state index contributed by atoms with van der Waals surface area (Å²) in [6.07, 6.45) is 1.65. The van der Waals surface area contributed by atoms with E-state index in [0.29, 0.717) is 17.3 Å². The SMILES string of the molecule is Cc1nc(C#N)cc(Nc2ccc3nc[nH]c3c2)n1. The van der Waals surface area contributed by atoms with E-state index >= 15 is 0 Å². The summed E-state index contributed by atoms with van der Waals surface area (Å²) in [6, 6.07) is 9.38. The van der Waals surface area contributed by atoms with Crippen molar-refractivity contribution in [2.45, 2.75) is 6.92 Å². The smallest absolute Gasteiger partial charge is 0.146 e. The van der Waals surface area contributed by atoms with Crippen LogP contribution in [0.25, 0.3) is 11.0 Å². The Morgan fingerprint density at radius 3 is 3.00 bits per heavy atom. The Labute approximate surface area is 109 Å². The second-order valence-electron chi connectivity index (χ2n) is 4.06. The molecular formula is C13H10N6. The van der Waals surface area contributed by atoms with Crippen LogP contribution in [-0.4, -0.2) is 19.9 Å². The Morgan fingerprint density at radius 2 is 2.16 bits per heavy atom. The number of hydrogen-bond acceptors (Lipinski definition) is 5. The molecule has 6 heteroatoms. The number of H-pyrrole nitrogens is 1. The van der Waals surface area contributed by atoms with Gasteiger partial charge in [-0.05, 0) is 25.1 Å². The molecule has 0 aliphatic heterocycles. The highest BCUT2D eigenvalue weighted by Crippen LogP contribution is 2.19. The van der Waals surface area contributed by atoms with Crippen LogP contribution in [0.1, 0.15) is 11.5 Å². The first kappa shape index (κ1) is 11.2. The number of rotatable bonds is 2. The number of benzene rings is 1. The second-order valence-corrected chi connectivity index (χ2v) is 4.06. The fourth-order valence-corrected chi connectivity index (χ4v) is 1.85. The van der Waals surface area contributed by atoms with E-state index in [-0.39, 0.29) is 0 Å². The lowest BCUT2D eigenvalue weighted by Gasteiger charge is -2.06. The normalized spacial score (nSPS) is 10.3. The highest BCUT2D eigenvalue weighted by Gasteiger charge is 2.03. The van der Waals surface area contributed by atoms with Gasteiger partial charge in [0.1, 0.15) is 23.4 Å². The average molecular weight is 250 g/mol. The summed E-state index contributed by atoms with van der Waals surface area (Å²) in [5, 5.41) is 12.0. The Kier molecular flexibility index (Phi) is 2.58. The van der Waals surface area contributed by atoms with Gasteiger partial charge in [-0.2, -0.15) is 5.26 Å². The van der Waals surface area contributed by atoms with Gasteiger partial charge in [-0.15, -0.1) is 0 Å². The third kappa shape index (κ3) is 2.21. The number of aryl methyl sites for hydroxylation is 1. The molecule has 92 valence electrons. The molecule has 0 saturated carbocycles. The number of hydrogen-bond donors (Lipinski definition) is 2. The van der Waals surface area contributed by atoms with Crippen LogP contribution in [0.5, 0.6) is 0 Å². The van der Waals surface area contributed by atoms with Gasteiger partial charge >= 0.3 is 0 Å². The molecule has 3 aromatic rings. The van der Waals surface area contributed by atoms with E-state index in [1.807, 2.05) is 24.3 Å². The van der Waals surface area contributed by atoms with Crippen molar-refractivity contribution < 1.29 is 0 Å². The van der Waals surface area contributed by atoms with Crippen LogP contribution in [-0.2, 0) is 0 Å². The van der Waals surface area contributed by atoms with Gasteiger partial charge in [-0.25, -0.2) is 15.0 Å². The Bertz CT molecular complexity index is 783. The molecular weight excluding hydrogens is 240 g/mol. The molecule has 0 aliphatic rings. The quantitative estimate of drug-likeness (QED) is 0.728. The predicted octanol–water partition coefficient (Wildman–Crippen LogP) is 2.28.